The molecule has 0 saturated carbocycles. The van der Waals surface area contributed by atoms with Gasteiger partial charge in [-0.3, -0.25) is 0 Å². The Morgan fingerprint density at radius 3 is 2.94 bits per heavy atom. The lowest BCUT2D eigenvalue weighted by atomic mass is 10.1. The summed E-state index contributed by atoms with van der Waals surface area (Å²) < 4.78 is 5.10. The maximum absolute atomic E-state index is 8.52. The minimum Gasteiger partial charge on any atom is -0.495 e. The van der Waals surface area contributed by atoms with Gasteiger partial charge in [0.2, 0.25) is 0 Å². The summed E-state index contributed by atoms with van der Waals surface area (Å²) in [7, 11) is 1.56. The number of nitrogens with zero attached hydrogens (tertiary/aromatic N) is 1. The average Bonchev–Trinajstić information content (AvgIpc) is 2.36. The van der Waals surface area contributed by atoms with Crippen molar-refractivity contribution in [2.24, 2.45) is 16.8 Å². The lowest BCUT2D eigenvalue weighted by molar-refractivity contribution is 0.315. The maximum atomic E-state index is 8.52. The van der Waals surface area contributed by atoms with Crippen molar-refractivity contribution >= 4 is 23.1 Å². The average molecular weight is 258 g/mol. The molecule has 1 aromatic rings. The standard InChI is InChI=1S/C11H16ClN3O2/c1-7(11(13)15-16)6-14-8-3-4-9(12)10(5-8)17-2/h3-5,7,14,16H,6H2,1-2H3,(H2,13,15). The van der Waals surface area contributed by atoms with Crippen LogP contribution in [0.5, 0.6) is 5.75 Å². The SMILES string of the molecule is COc1cc(NCC(C)/C(N)=N/O)ccc1Cl. The lowest BCUT2D eigenvalue weighted by Gasteiger charge is -2.13. The van der Waals surface area contributed by atoms with E-state index in [9.17, 15) is 0 Å². The van der Waals surface area contributed by atoms with E-state index in [-0.39, 0.29) is 11.8 Å². The van der Waals surface area contributed by atoms with Crippen molar-refractivity contribution in [1.82, 2.24) is 0 Å². The van der Waals surface area contributed by atoms with E-state index < -0.39 is 0 Å². The molecule has 0 heterocycles. The molecule has 6 heteroatoms. The normalized spacial score (nSPS) is 13.2. The van der Waals surface area contributed by atoms with Crippen LogP contribution in [0.4, 0.5) is 5.69 Å². The zero-order valence-electron chi connectivity index (χ0n) is 9.77. The van der Waals surface area contributed by atoms with Gasteiger partial charge < -0.3 is 21.0 Å². The number of nitrogens with one attached hydrogen (secondary N) is 1. The summed E-state index contributed by atoms with van der Waals surface area (Å²) in [4.78, 5) is 0. The molecule has 0 aliphatic carbocycles. The fourth-order valence-corrected chi connectivity index (χ4v) is 1.44. The number of oxime groups is 1. The van der Waals surface area contributed by atoms with Crippen LogP contribution < -0.4 is 15.8 Å². The molecule has 0 bridgehead atoms. The number of anilines is 1. The van der Waals surface area contributed by atoms with Gasteiger partial charge >= 0.3 is 0 Å². The van der Waals surface area contributed by atoms with Gasteiger partial charge in [-0.15, -0.1) is 0 Å². The van der Waals surface area contributed by atoms with E-state index in [1.54, 1.807) is 19.2 Å². The first-order valence-corrected chi connectivity index (χ1v) is 5.51. The fourth-order valence-electron chi connectivity index (χ4n) is 1.24. The van der Waals surface area contributed by atoms with E-state index in [0.29, 0.717) is 17.3 Å². The Hall–Kier alpha value is -1.62. The second-order valence-corrected chi connectivity index (χ2v) is 4.06. The Labute approximate surface area is 105 Å². The minimum atomic E-state index is -0.0679. The number of amidine groups is 1. The zero-order valence-corrected chi connectivity index (χ0v) is 10.5. The van der Waals surface area contributed by atoms with Crippen LogP contribution in [-0.4, -0.2) is 24.7 Å². The number of halogens is 1. The van der Waals surface area contributed by atoms with Crippen LogP contribution in [0.15, 0.2) is 23.4 Å². The Kier molecular flexibility index (Phi) is 4.90. The summed E-state index contributed by atoms with van der Waals surface area (Å²) in [5.41, 5.74) is 6.34. The highest BCUT2D eigenvalue weighted by Crippen LogP contribution is 2.27. The van der Waals surface area contributed by atoms with Gasteiger partial charge in [-0.25, -0.2) is 0 Å². The summed E-state index contributed by atoms with van der Waals surface area (Å²) in [6, 6.07) is 5.38. The zero-order chi connectivity index (χ0) is 12.8. The summed E-state index contributed by atoms with van der Waals surface area (Å²) in [5, 5.41) is 15.2. The van der Waals surface area contributed by atoms with Crippen LogP contribution in [0.3, 0.4) is 0 Å². The number of benzene rings is 1. The summed E-state index contributed by atoms with van der Waals surface area (Å²) >= 11 is 5.91. The molecule has 17 heavy (non-hydrogen) atoms. The number of hydrogen-bond donors (Lipinski definition) is 3. The van der Waals surface area contributed by atoms with Crippen LogP contribution >= 0.6 is 11.6 Å². The van der Waals surface area contributed by atoms with Gasteiger partial charge in [0.25, 0.3) is 0 Å². The van der Waals surface area contributed by atoms with E-state index in [1.807, 2.05) is 13.0 Å². The molecule has 0 spiro atoms. The molecular formula is C11H16ClN3O2. The molecule has 4 N–H and O–H groups in total. The van der Waals surface area contributed by atoms with Gasteiger partial charge in [0, 0.05) is 24.2 Å². The van der Waals surface area contributed by atoms with Crippen LogP contribution in [0, 0.1) is 5.92 Å². The highest BCUT2D eigenvalue weighted by Gasteiger charge is 2.08. The first-order chi connectivity index (χ1) is 8.08. The predicted octanol–water partition coefficient (Wildman–Crippen LogP) is 2.14. The van der Waals surface area contributed by atoms with Gasteiger partial charge in [-0.2, -0.15) is 0 Å². The second kappa shape index (κ2) is 6.20. The molecule has 0 amide bonds. The molecule has 1 atom stereocenters. The van der Waals surface area contributed by atoms with E-state index in [0.717, 1.165) is 5.69 Å². The van der Waals surface area contributed by atoms with Crippen molar-refractivity contribution in [2.75, 3.05) is 19.0 Å². The first-order valence-electron chi connectivity index (χ1n) is 5.13. The van der Waals surface area contributed by atoms with Gasteiger partial charge in [0.05, 0.1) is 12.1 Å². The van der Waals surface area contributed by atoms with Crippen molar-refractivity contribution in [3.8, 4) is 5.75 Å². The van der Waals surface area contributed by atoms with Crippen molar-refractivity contribution < 1.29 is 9.94 Å². The van der Waals surface area contributed by atoms with Crippen molar-refractivity contribution in [2.45, 2.75) is 6.92 Å². The summed E-state index contributed by atoms with van der Waals surface area (Å²) in [6.07, 6.45) is 0. The molecule has 5 nitrogen and oxygen atoms in total. The molecule has 1 aromatic carbocycles. The van der Waals surface area contributed by atoms with Crippen LogP contribution in [-0.2, 0) is 0 Å². The summed E-state index contributed by atoms with van der Waals surface area (Å²) in [5.74, 6) is 0.730. The number of rotatable bonds is 5. The molecule has 94 valence electrons. The number of hydrogen-bond acceptors (Lipinski definition) is 4. The Morgan fingerprint density at radius 2 is 2.35 bits per heavy atom. The molecule has 0 aliphatic rings. The Bertz CT molecular complexity index is 410. The van der Waals surface area contributed by atoms with Gasteiger partial charge in [0.15, 0.2) is 0 Å². The van der Waals surface area contributed by atoms with Crippen LogP contribution in [0.2, 0.25) is 5.02 Å². The molecule has 0 aliphatic heterocycles. The first kappa shape index (κ1) is 13.4. The molecule has 1 rings (SSSR count). The van der Waals surface area contributed by atoms with Gasteiger partial charge in [-0.1, -0.05) is 23.7 Å². The Morgan fingerprint density at radius 1 is 1.65 bits per heavy atom. The van der Waals surface area contributed by atoms with Gasteiger partial charge in [0.1, 0.15) is 11.6 Å². The second-order valence-electron chi connectivity index (χ2n) is 3.66. The quantitative estimate of drug-likeness (QED) is 0.327. The highest BCUT2D eigenvalue weighted by atomic mass is 35.5. The van der Waals surface area contributed by atoms with Crippen molar-refractivity contribution in [3.05, 3.63) is 23.2 Å². The monoisotopic (exact) mass is 257 g/mol. The smallest absolute Gasteiger partial charge is 0.143 e. The van der Waals surface area contributed by atoms with Gasteiger partial charge in [-0.05, 0) is 12.1 Å². The van der Waals surface area contributed by atoms with E-state index in [4.69, 9.17) is 27.3 Å². The molecular weight excluding hydrogens is 242 g/mol. The number of nitrogens with two attached hydrogens (primary N) is 1. The number of ether oxygens (including phenoxy) is 1. The van der Waals surface area contributed by atoms with E-state index >= 15 is 0 Å². The molecule has 0 aromatic heterocycles. The third kappa shape index (κ3) is 3.71. The molecule has 0 saturated heterocycles. The van der Waals surface area contributed by atoms with Crippen LogP contribution in [0.25, 0.3) is 0 Å². The largest absolute Gasteiger partial charge is 0.495 e. The van der Waals surface area contributed by atoms with E-state index in [2.05, 4.69) is 10.5 Å². The summed E-state index contributed by atoms with van der Waals surface area (Å²) in [6.45, 7) is 2.41. The fraction of sp³-hybridized carbons (Fsp3) is 0.364. The third-order valence-corrected chi connectivity index (χ3v) is 2.70. The maximum Gasteiger partial charge on any atom is 0.143 e. The highest BCUT2D eigenvalue weighted by molar-refractivity contribution is 6.32. The van der Waals surface area contributed by atoms with E-state index in [1.165, 1.54) is 0 Å². The lowest BCUT2D eigenvalue weighted by Crippen LogP contribution is -2.27. The van der Waals surface area contributed by atoms with Crippen LogP contribution in [0.1, 0.15) is 6.92 Å². The molecule has 0 fully saturated rings. The van der Waals surface area contributed by atoms with Crippen molar-refractivity contribution in [1.29, 1.82) is 0 Å². The third-order valence-electron chi connectivity index (χ3n) is 2.38. The van der Waals surface area contributed by atoms with Crippen molar-refractivity contribution in [3.63, 3.8) is 0 Å². The topological polar surface area (TPSA) is 79.9 Å². The number of methoxy groups -OCH3 is 1. The Balaban J connectivity index is 2.64. The molecule has 1 unspecified atom stereocenters. The predicted molar refractivity (Wildman–Crippen MR) is 69.1 cm³/mol. The molecule has 0 radical (unpaired) electrons. The minimum absolute atomic E-state index is 0.0679.